The van der Waals surface area contributed by atoms with Gasteiger partial charge in [-0.15, -0.1) is 0 Å². The Kier molecular flexibility index (Phi) is 12.5. The van der Waals surface area contributed by atoms with Crippen LogP contribution in [0.5, 0.6) is 0 Å². The van der Waals surface area contributed by atoms with E-state index in [1.807, 2.05) is 0 Å². The van der Waals surface area contributed by atoms with E-state index in [0.717, 1.165) is 12.8 Å². The van der Waals surface area contributed by atoms with Gasteiger partial charge in [-0.25, -0.2) is 0 Å². The zero-order valence-electron chi connectivity index (χ0n) is 9.93. The van der Waals surface area contributed by atoms with Crippen molar-refractivity contribution < 1.29 is 0 Å². The van der Waals surface area contributed by atoms with Crippen LogP contribution in [-0.2, 0) is 0 Å². The number of hydrogen-bond acceptors (Lipinski definition) is 0. The van der Waals surface area contributed by atoms with Gasteiger partial charge in [0.25, 0.3) is 0 Å². The normalized spacial score (nSPS) is 11.3. The van der Waals surface area contributed by atoms with Crippen molar-refractivity contribution in [3.05, 3.63) is 19.1 Å². The van der Waals surface area contributed by atoms with Crippen molar-refractivity contribution in [2.45, 2.75) is 71.1 Å². The van der Waals surface area contributed by atoms with Gasteiger partial charge < -0.3 is 0 Å². The van der Waals surface area contributed by atoms with Gasteiger partial charge in [-0.3, -0.25) is 0 Å². The van der Waals surface area contributed by atoms with Crippen molar-refractivity contribution in [3.8, 4) is 0 Å². The molecule has 0 aliphatic rings. The third-order valence-electron chi connectivity index (χ3n) is 2.51. The Labute approximate surface area is 90.8 Å². The monoisotopic (exact) mass is 195 g/mol. The Hall–Kier alpha value is -0.260. The van der Waals surface area contributed by atoms with E-state index in [9.17, 15) is 0 Å². The molecule has 83 valence electrons. The Morgan fingerprint density at radius 1 is 0.786 bits per heavy atom. The van der Waals surface area contributed by atoms with Gasteiger partial charge >= 0.3 is 0 Å². The molecule has 0 saturated heterocycles. The molecule has 0 heterocycles. The lowest BCUT2D eigenvalue weighted by atomic mass is 10.1. The molecule has 0 unspecified atom stereocenters. The first kappa shape index (κ1) is 13.7. The first-order valence-electron chi connectivity index (χ1n) is 6.36. The second-order valence-corrected chi connectivity index (χ2v) is 4.02. The second kappa shape index (κ2) is 12.7. The van der Waals surface area contributed by atoms with Crippen molar-refractivity contribution in [2.24, 2.45) is 0 Å². The molecular formula is C14H27. The van der Waals surface area contributed by atoms with E-state index in [4.69, 9.17) is 0 Å². The van der Waals surface area contributed by atoms with Crippen LogP contribution in [0.4, 0.5) is 0 Å². The highest BCUT2D eigenvalue weighted by Crippen LogP contribution is 2.08. The molecule has 0 aliphatic carbocycles. The number of allylic oxidation sites excluding steroid dienone is 2. The minimum Gasteiger partial charge on any atom is -0.0885 e. The molecule has 0 aromatic heterocycles. The van der Waals surface area contributed by atoms with Crippen LogP contribution in [0, 0.1) is 6.92 Å². The molecule has 0 aromatic carbocycles. The van der Waals surface area contributed by atoms with Gasteiger partial charge in [-0.1, -0.05) is 64.5 Å². The fourth-order valence-corrected chi connectivity index (χ4v) is 1.57. The Morgan fingerprint density at radius 3 is 2.00 bits per heavy atom. The number of unbranched alkanes of at least 4 members (excludes halogenated alkanes) is 8. The summed E-state index contributed by atoms with van der Waals surface area (Å²) in [6, 6.07) is 0. The zero-order valence-corrected chi connectivity index (χ0v) is 9.93. The van der Waals surface area contributed by atoms with Gasteiger partial charge in [0.05, 0.1) is 0 Å². The van der Waals surface area contributed by atoms with Crippen LogP contribution in [0.3, 0.4) is 0 Å². The van der Waals surface area contributed by atoms with Gasteiger partial charge in [0.15, 0.2) is 0 Å². The van der Waals surface area contributed by atoms with E-state index in [-0.39, 0.29) is 0 Å². The Bertz CT molecular complexity index is 113. The van der Waals surface area contributed by atoms with Crippen molar-refractivity contribution in [2.75, 3.05) is 0 Å². The molecule has 0 saturated carbocycles. The number of hydrogen-bond donors (Lipinski definition) is 0. The molecule has 0 bridgehead atoms. The van der Waals surface area contributed by atoms with Gasteiger partial charge in [0.1, 0.15) is 0 Å². The molecular weight excluding hydrogens is 168 g/mol. The van der Waals surface area contributed by atoms with Crippen LogP contribution in [0.25, 0.3) is 0 Å². The minimum absolute atomic E-state index is 1.04. The topological polar surface area (TPSA) is 0 Å². The summed E-state index contributed by atoms with van der Waals surface area (Å²) in [4.78, 5) is 0. The van der Waals surface area contributed by atoms with Gasteiger partial charge in [-0.2, -0.15) is 0 Å². The lowest BCUT2D eigenvalue weighted by molar-refractivity contribution is 0.592. The average molecular weight is 195 g/mol. The first-order valence-corrected chi connectivity index (χ1v) is 6.36. The average Bonchev–Trinajstić information content (AvgIpc) is 2.21. The van der Waals surface area contributed by atoms with E-state index >= 15 is 0 Å². The van der Waals surface area contributed by atoms with Gasteiger partial charge in [-0.05, 0) is 25.7 Å². The maximum atomic E-state index is 3.81. The molecule has 0 aliphatic heterocycles. The van der Waals surface area contributed by atoms with Crippen LogP contribution in [0.1, 0.15) is 71.1 Å². The second-order valence-electron chi connectivity index (χ2n) is 4.02. The minimum atomic E-state index is 1.04. The summed E-state index contributed by atoms with van der Waals surface area (Å²) in [5.41, 5.74) is 0. The van der Waals surface area contributed by atoms with Crippen LogP contribution in [-0.4, -0.2) is 0 Å². The van der Waals surface area contributed by atoms with Gasteiger partial charge in [0.2, 0.25) is 0 Å². The van der Waals surface area contributed by atoms with E-state index in [2.05, 4.69) is 26.0 Å². The van der Waals surface area contributed by atoms with Crippen molar-refractivity contribution >= 4 is 0 Å². The predicted molar refractivity (Wildman–Crippen MR) is 66.3 cm³/mol. The Morgan fingerprint density at radius 2 is 1.36 bits per heavy atom. The summed E-state index contributed by atoms with van der Waals surface area (Å²) in [5.74, 6) is 0. The third kappa shape index (κ3) is 11.7. The zero-order chi connectivity index (χ0) is 10.5. The Balaban J connectivity index is 2.91. The fraction of sp³-hybridized carbons (Fsp3) is 0.786. The smallest absolute Gasteiger partial charge is 0.0351 e. The highest BCUT2D eigenvalue weighted by molar-refractivity contribution is 4.81. The third-order valence-corrected chi connectivity index (χ3v) is 2.51. The predicted octanol–water partition coefficient (Wildman–Crippen LogP) is 5.30. The molecule has 1 radical (unpaired) electrons. The van der Waals surface area contributed by atoms with E-state index in [1.54, 1.807) is 0 Å². The highest BCUT2D eigenvalue weighted by atomic mass is 13.9. The molecule has 0 aromatic rings. The molecule has 0 heteroatoms. The van der Waals surface area contributed by atoms with E-state index in [0.29, 0.717) is 0 Å². The molecule has 0 fully saturated rings. The summed E-state index contributed by atoms with van der Waals surface area (Å²) < 4.78 is 0. The molecule has 0 nitrogen and oxygen atoms in total. The van der Waals surface area contributed by atoms with Crippen molar-refractivity contribution in [1.29, 1.82) is 0 Å². The maximum Gasteiger partial charge on any atom is -0.0351 e. The maximum absolute atomic E-state index is 3.81. The molecule has 0 N–H and O–H groups in total. The van der Waals surface area contributed by atoms with E-state index in [1.165, 1.54) is 51.4 Å². The van der Waals surface area contributed by atoms with Crippen LogP contribution in [0.2, 0.25) is 0 Å². The molecule has 0 atom stereocenters. The first-order chi connectivity index (χ1) is 6.91. The molecule has 0 spiro atoms. The summed E-state index contributed by atoms with van der Waals surface area (Å²) in [6.07, 6.45) is 17.9. The molecule has 0 rings (SSSR count). The lowest BCUT2D eigenvalue weighted by Crippen LogP contribution is -1.78. The van der Waals surface area contributed by atoms with Crippen molar-refractivity contribution in [3.63, 3.8) is 0 Å². The SMILES string of the molecule is [CH2]CC/C=C/CCCCCCCCC. The fourth-order valence-electron chi connectivity index (χ4n) is 1.57. The lowest BCUT2D eigenvalue weighted by Gasteiger charge is -1.98. The standard InChI is InChI=1S/C14H27/c1-3-5-7-9-11-13-14-12-10-8-6-4-2/h7,9H,1,3-6,8,10-14H2,2H3/b9-7+. The number of rotatable bonds is 10. The molecule has 14 heavy (non-hydrogen) atoms. The van der Waals surface area contributed by atoms with Crippen molar-refractivity contribution in [1.82, 2.24) is 0 Å². The summed E-state index contributed by atoms with van der Waals surface area (Å²) in [6.45, 7) is 6.08. The van der Waals surface area contributed by atoms with Crippen LogP contribution >= 0.6 is 0 Å². The summed E-state index contributed by atoms with van der Waals surface area (Å²) >= 11 is 0. The summed E-state index contributed by atoms with van der Waals surface area (Å²) in [7, 11) is 0. The quantitative estimate of drug-likeness (QED) is 0.328. The van der Waals surface area contributed by atoms with Gasteiger partial charge in [0, 0.05) is 0 Å². The highest BCUT2D eigenvalue weighted by Gasteiger charge is 1.88. The summed E-state index contributed by atoms with van der Waals surface area (Å²) in [5, 5.41) is 0. The van der Waals surface area contributed by atoms with E-state index < -0.39 is 0 Å². The van der Waals surface area contributed by atoms with Crippen LogP contribution < -0.4 is 0 Å². The largest absolute Gasteiger partial charge is 0.0885 e. The molecule has 0 amide bonds. The van der Waals surface area contributed by atoms with Crippen LogP contribution in [0.15, 0.2) is 12.2 Å².